The van der Waals surface area contributed by atoms with Crippen molar-refractivity contribution in [2.45, 2.75) is 19.4 Å². The summed E-state index contributed by atoms with van der Waals surface area (Å²) >= 11 is 0. The number of guanidine groups is 1. The van der Waals surface area contributed by atoms with Gasteiger partial charge in [0.1, 0.15) is 5.82 Å². The molecule has 23 heavy (non-hydrogen) atoms. The fourth-order valence-electron chi connectivity index (χ4n) is 3.16. The highest BCUT2D eigenvalue weighted by molar-refractivity contribution is 5.80. The van der Waals surface area contributed by atoms with Crippen molar-refractivity contribution in [3.05, 3.63) is 29.6 Å². The minimum Gasteiger partial charge on any atom is -0.378 e. The topological polar surface area (TPSA) is 40.1 Å². The van der Waals surface area contributed by atoms with Crippen LogP contribution < -0.4 is 10.2 Å². The number of nitrogens with one attached hydrogen (secondary N) is 1. The Balaban J connectivity index is 1.61. The van der Waals surface area contributed by atoms with Crippen LogP contribution in [0, 0.1) is 5.82 Å². The maximum absolute atomic E-state index is 14.4. The molecule has 0 unspecified atom stereocenters. The van der Waals surface area contributed by atoms with Crippen LogP contribution in [0.4, 0.5) is 10.1 Å². The van der Waals surface area contributed by atoms with E-state index in [1.165, 1.54) is 12.8 Å². The van der Waals surface area contributed by atoms with Crippen molar-refractivity contribution >= 4 is 11.6 Å². The van der Waals surface area contributed by atoms with Crippen LogP contribution in [0.1, 0.15) is 18.4 Å². The molecule has 6 heteroatoms. The first-order chi connectivity index (χ1) is 11.3. The molecule has 0 spiro atoms. The van der Waals surface area contributed by atoms with Crippen LogP contribution in [-0.2, 0) is 11.3 Å². The SMILES string of the molecule is CN=C(NCc1ccc(N2CCOCC2)c(F)c1)N1CCCC1. The van der Waals surface area contributed by atoms with Gasteiger partial charge in [-0.1, -0.05) is 6.07 Å². The highest BCUT2D eigenvalue weighted by Crippen LogP contribution is 2.21. The van der Waals surface area contributed by atoms with E-state index in [4.69, 9.17) is 4.74 Å². The van der Waals surface area contributed by atoms with Crippen molar-refractivity contribution in [1.29, 1.82) is 0 Å². The van der Waals surface area contributed by atoms with Gasteiger partial charge in [-0.05, 0) is 30.5 Å². The summed E-state index contributed by atoms with van der Waals surface area (Å²) in [6.45, 7) is 5.49. The van der Waals surface area contributed by atoms with Crippen LogP contribution in [0.25, 0.3) is 0 Å². The molecule has 0 radical (unpaired) electrons. The fraction of sp³-hybridized carbons (Fsp3) is 0.588. The Morgan fingerprint density at radius 2 is 1.96 bits per heavy atom. The van der Waals surface area contributed by atoms with Crippen molar-refractivity contribution in [2.75, 3.05) is 51.3 Å². The van der Waals surface area contributed by atoms with Crippen LogP contribution in [0.2, 0.25) is 0 Å². The van der Waals surface area contributed by atoms with Crippen LogP contribution in [0.3, 0.4) is 0 Å². The van der Waals surface area contributed by atoms with Crippen molar-refractivity contribution in [3.8, 4) is 0 Å². The molecule has 1 N–H and O–H groups in total. The first kappa shape index (κ1) is 16.1. The molecule has 126 valence electrons. The largest absolute Gasteiger partial charge is 0.378 e. The predicted octanol–water partition coefficient (Wildman–Crippen LogP) is 1.83. The third-order valence-electron chi connectivity index (χ3n) is 4.43. The van der Waals surface area contributed by atoms with Gasteiger partial charge >= 0.3 is 0 Å². The second kappa shape index (κ2) is 7.64. The zero-order valence-corrected chi connectivity index (χ0v) is 13.7. The number of nitrogens with zero attached hydrogens (tertiary/aromatic N) is 3. The number of aliphatic imine (C=N–C) groups is 1. The van der Waals surface area contributed by atoms with E-state index in [-0.39, 0.29) is 5.82 Å². The molecule has 3 rings (SSSR count). The maximum Gasteiger partial charge on any atom is 0.193 e. The van der Waals surface area contributed by atoms with Crippen LogP contribution >= 0.6 is 0 Å². The van der Waals surface area contributed by atoms with Gasteiger partial charge in [-0.3, -0.25) is 4.99 Å². The van der Waals surface area contributed by atoms with Gasteiger partial charge in [0.15, 0.2) is 5.96 Å². The average molecular weight is 320 g/mol. The van der Waals surface area contributed by atoms with Crippen molar-refractivity contribution in [1.82, 2.24) is 10.2 Å². The third-order valence-corrected chi connectivity index (χ3v) is 4.43. The van der Waals surface area contributed by atoms with E-state index < -0.39 is 0 Å². The van der Waals surface area contributed by atoms with E-state index in [2.05, 4.69) is 15.2 Å². The molecule has 1 aromatic rings. The zero-order valence-electron chi connectivity index (χ0n) is 13.7. The smallest absolute Gasteiger partial charge is 0.193 e. The summed E-state index contributed by atoms with van der Waals surface area (Å²) in [6, 6.07) is 5.48. The lowest BCUT2D eigenvalue weighted by Crippen LogP contribution is -2.39. The van der Waals surface area contributed by atoms with Gasteiger partial charge in [0.25, 0.3) is 0 Å². The molecule has 5 nitrogen and oxygen atoms in total. The normalized spacial score (nSPS) is 19.3. The minimum atomic E-state index is -0.164. The van der Waals surface area contributed by atoms with Crippen LogP contribution in [-0.4, -0.2) is 57.3 Å². The monoisotopic (exact) mass is 320 g/mol. The van der Waals surface area contributed by atoms with Crippen LogP contribution in [0.15, 0.2) is 23.2 Å². The second-order valence-corrected chi connectivity index (χ2v) is 5.98. The highest BCUT2D eigenvalue weighted by Gasteiger charge is 2.17. The Hall–Kier alpha value is -1.82. The second-order valence-electron chi connectivity index (χ2n) is 5.98. The molecule has 0 aliphatic carbocycles. The molecule has 2 heterocycles. The summed E-state index contributed by atoms with van der Waals surface area (Å²) < 4.78 is 19.7. The summed E-state index contributed by atoms with van der Waals surface area (Å²) in [7, 11) is 1.79. The van der Waals surface area contributed by atoms with Crippen molar-refractivity contribution in [2.24, 2.45) is 4.99 Å². The number of anilines is 1. The van der Waals surface area contributed by atoms with E-state index in [1.807, 2.05) is 17.0 Å². The van der Waals surface area contributed by atoms with Crippen molar-refractivity contribution in [3.63, 3.8) is 0 Å². The quantitative estimate of drug-likeness (QED) is 0.681. The Labute approximate surface area is 137 Å². The fourth-order valence-corrected chi connectivity index (χ4v) is 3.16. The van der Waals surface area contributed by atoms with Crippen LogP contribution in [0.5, 0.6) is 0 Å². The number of ether oxygens (including phenoxy) is 1. The number of likely N-dealkylation sites (tertiary alicyclic amines) is 1. The Morgan fingerprint density at radius 1 is 1.22 bits per heavy atom. The number of halogens is 1. The lowest BCUT2D eigenvalue weighted by Gasteiger charge is -2.29. The molecule has 0 aromatic heterocycles. The summed E-state index contributed by atoms with van der Waals surface area (Å²) in [4.78, 5) is 8.60. The summed E-state index contributed by atoms with van der Waals surface area (Å²) in [5, 5.41) is 3.33. The lowest BCUT2D eigenvalue weighted by atomic mass is 10.1. The molecular weight excluding hydrogens is 295 g/mol. The first-order valence-electron chi connectivity index (χ1n) is 8.34. The molecule has 2 aliphatic rings. The average Bonchev–Trinajstić information content (AvgIpc) is 3.11. The Kier molecular flexibility index (Phi) is 5.33. The summed E-state index contributed by atoms with van der Waals surface area (Å²) in [6.07, 6.45) is 2.42. The lowest BCUT2D eigenvalue weighted by molar-refractivity contribution is 0.122. The van der Waals surface area contributed by atoms with Crippen molar-refractivity contribution < 1.29 is 9.13 Å². The first-order valence-corrected chi connectivity index (χ1v) is 8.34. The molecule has 0 bridgehead atoms. The van der Waals surface area contributed by atoms with Gasteiger partial charge in [0.05, 0.1) is 18.9 Å². The van der Waals surface area contributed by atoms with Gasteiger partial charge in [-0.25, -0.2) is 4.39 Å². The van der Waals surface area contributed by atoms with E-state index >= 15 is 0 Å². The summed E-state index contributed by atoms with van der Waals surface area (Å²) in [5.74, 6) is 0.738. The molecule has 2 aliphatic heterocycles. The minimum absolute atomic E-state index is 0.164. The van der Waals surface area contributed by atoms with Gasteiger partial charge < -0.3 is 19.9 Å². The number of benzene rings is 1. The van der Waals surface area contributed by atoms with Gasteiger partial charge in [-0.15, -0.1) is 0 Å². The molecule has 0 amide bonds. The Bertz CT molecular complexity index is 552. The highest BCUT2D eigenvalue weighted by atomic mass is 19.1. The summed E-state index contributed by atoms with van der Waals surface area (Å²) in [5.41, 5.74) is 1.60. The third kappa shape index (κ3) is 3.93. The van der Waals surface area contributed by atoms with E-state index in [9.17, 15) is 4.39 Å². The standard InChI is InChI=1S/C17H25FN4O/c1-19-17(22-6-2-3-7-22)20-13-14-4-5-16(15(18)12-14)21-8-10-23-11-9-21/h4-5,12H,2-3,6-11,13H2,1H3,(H,19,20). The number of rotatable bonds is 3. The number of hydrogen-bond donors (Lipinski definition) is 1. The predicted molar refractivity (Wildman–Crippen MR) is 90.4 cm³/mol. The van der Waals surface area contributed by atoms with Gasteiger partial charge in [-0.2, -0.15) is 0 Å². The molecule has 0 atom stereocenters. The molecular formula is C17H25FN4O. The number of hydrogen-bond acceptors (Lipinski definition) is 3. The maximum atomic E-state index is 14.4. The van der Waals surface area contributed by atoms with E-state index in [1.54, 1.807) is 13.1 Å². The number of morpholine rings is 1. The van der Waals surface area contributed by atoms with E-state index in [0.29, 0.717) is 25.4 Å². The van der Waals surface area contributed by atoms with Gasteiger partial charge in [0.2, 0.25) is 0 Å². The molecule has 2 fully saturated rings. The molecule has 0 saturated carbocycles. The van der Waals surface area contributed by atoms with E-state index in [0.717, 1.165) is 37.7 Å². The molecule has 2 saturated heterocycles. The van der Waals surface area contributed by atoms with Gasteiger partial charge in [0, 0.05) is 39.8 Å². The zero-order chi connectivity index (χ0) is 16.1. The molecule has 1 aromatic carbocycles. The Morgan fingerprint density at radius 3 is 2.61 bits per heavy atom.